The molecule has 82 valence electrons. The van der Waals surface area contributed by atoms with E-state index in [1.54, 1.807) is 0 Å². The highest BCUT2D eigenvalue weighted by molar-refractivity contribution is 5.32. The minimum absolute atomic E-state index is 0.244. The predicted molar refractivity (Wildman–Crippen MR) is 60.9 cm³/mol. The van der Waals surface area contributed by atoms with E-state index in [9.17, 15) is 0 Å². The quantitative estimate of drug-likeness (QED) is 0.708. The summed E-state index contributed by atoms with van der Waals surface area (Å²) in [5.74, 6) is 0.695. The average molecular weight is 213 g/mol. The molecular formula is C14H15NO. The van der Waals surface area contributed by atoms with Gasteiger partial charge in [0.2, 0.25) is 0 Å². The van der Waals surface area contributed by atoms with Crippen molar-refractivity contribution in [1.82, 2.24) is 0 Å². The van der Waals surface area contributed by atoms with Crippen molar-refractivity contribution in [2.45, 2.75) is 31.3 Å². The molecule has 1 saturated carbocycles. The molecule has 0 bridgehead atoms. The fraction of sp³-hybridized carbons (Fsp3) is 0.500. The molecule has 2 nitrogen and oxygen atoms in total. The number of ether oxygens (including phenoxy) is 1. The summed E-state index contributed by atoms with van der Waals surface area (Å²) in [6.07, 6.45) is 4.95. The van der Waals surface area contributed by atoms with Gasteiger partial charge in [-0.1, -0.05) is 18.6 Å². The highest BCUT2D eigenvalue weighted by Gasteiger charge is 2.53. The Morgan fingerprint density at radius 2 is 2.12 bits per heavy atom. The van der Waals surface area contributed by atoms with Crippen molar-refractivity contribution in [3.8, 4) is 6.07 Å². The van der Waals surface area contributed by atoms with E-state index in [0.29, 0.717) is 5.92 Å². The van der Waals surface area contributed by atoms with Gasteiger partial charge in [0.05, 0.1) is 23.8 Å². The summed E-state index contributed by atoms with van der Waals surface area (Å²) in [7, 11) is 0. The average Bonchev–Trinajstić information content (AvgIpc) is 2.99. The van der Waals surface area contributed by atoms with Gasteiger partial charge < -0.3 is 4.74 Å². The molecule has 1 spiro atoms. The zero-order chi connectivity index (χ0) is 11.0. The maximum atomic E-state index is 8.74. The second kappa shape index (κ2) is 3.61. The molecule has 1 aromatic rings. The Hall–Kier alpha value is -1.33. The predicted octanol–water partition coefficient (Wildman–Crippen LogP) is 2.67. The van der Waals surface area contributed by atoms with Crippen LogP contribution in [0, 0.1) is 17.2 Å². The van der Waals surface area contributed by atoms with Crippen molar-refractivity contribution in [2.75, 3.05) is 6.61 Å². The van der Waals surface area contributed by atoms with E-state index < -0.39 is 0 Å². The molecule has 1 aromatic carbocycles. The molecule has 0 N–H and O–H groups in total. The highest BCUT2D eigenvalue weighted by atomic mass is 16.6. The van der Waals surface area contributed by atoms with Crippen molar-refractivity contribution < 1.29 is 4.74 Å². The van der Waals surface area contributed by atoms with E-state index in [4.69, 9.17) is 10.00 Å². The number of nitrogens with zero attached hydrogens (tertiary/aromatic N) is 1. The third kappa shape index (κ3) is 1.62. The molecular weight excluding hydrogens is 198 g/mol. The van der Waals surface area contributed by atoms with Gasteiger partial charge in [0.15, 0.2) is 0 Å². The Morgan fingerprint density at radius 1 is 1.38 bits per heavy atom. The van der Waals surface area contributed by atoms with Crippen LogP contribution in [0.3, 0.4) is 0 Å². The summed E-state index contributed by atoms with van der Waals surface area (Å²) in [5, 5.41) is 8.74. The smallest absolute Gasteiger partial charge is 0.0991 e. The molecule has 2 atom stereocenters. The number of nitriles is 1. The fourth-order valence-corrected chi connectivity index (χ4v) is 2.88. The van der Waals surface area contributed by atoms with Gasteiger partial charge in [-0.2, -0.15) is 5.26 Å². The van der Waals surface area contributed by atoms with Crippen molar-refractivity contribution in [3.05, 3.63) is 35.4 Å². The van der Waals surface area contributed by atoms with Gasteiger partial charge in [0.25, 0.3) is 0 Å². The molecule has 2 fully saturated rings. The van der Waals surface area contributed by atoms with Crippen molar-refractivity contribution >= 4 is 0 Å². The zero-order valence-corrected chi connectivity index (χ0v) is 9.28. The van der Waals surface area contributed by atoms with Gasteiger partial charge in [0, 0.05) is 0 Å². The summed E-state index contributed by atoms with van der Waals surface area (Å²) >= 11 is 0. The van der Waals surface area contributed by atoms with Crippen molar-refractivity contribution in [3.63, 3.8) is 0 Å². The summed E-state index contributed by atoms with van der Waals surface area (Å²) in [5.41, 5.74) is 2.32. The summed E-state index contributed by atoms with van der Waals surface area (Å²) in [6.45, 7) is 0.966. The summed E-state index contributed by atoms with van der Waals surface area (Å²) in [6, 6.07) is 10.1. The van der Waals surface area contributed by atoms with Crippen LogP contribution in [-0.4, -0.2) is 12.2 Å². The van der Waals surface area contributed by atoms with Crippen LogP contribution in [-0.2, 0) is 11.2 Å². The standard InChI is InChI=1S/C14H15NO/c15-9-12-5-3-11(4-6-12)8-13-2-1-7-14(13)10-16-14/h3-6,13H,1-2,7-8,10H2. The lowest BCUT2D eigenvalue weighted by Crippen LogP contribution is -2.19. The molecule has 0 amide bonds. The van der Waals surface area contributed by atoms with Crippen LogP contribution in [0.1, 0.15) is 30.4 Å². The van der Waals surface area contributed by atoms with Crippen LogP contribution >= 0.6 is 0 Å². The second-order valence-electron chi connectivity index (χ2n) is 4.96. The van der Waals surface area contributed by atoms with Gasteiger partial charge in [-0.05, 0) is 42.9 Å². The second-order valence-corrected chi connectivity index (χ2v) is 4.96. The first-order chi connectivity index (χ1) is 7.82. The monoisotopic (exact) mass is 213 g/mol. The van der Waals surface area contributed by atoms with Crippen LogP contribution in [0.2, 0.25) is 0 Å². The molecule has 1 aliphatic carbocycles. The number of rotatable bonds is 2. The molecule has 3 rings (SSSR count). The van der Waals surface area contributed by atoms with E-state index >= 15 is 0 Å². The van der Waals surface area contributed by atoms with Crippen LogP contribution < -0.4 is 0 Å². The maximum Gasteiger partial charge on any atom is 0.0991 e. The number of hydrogen-bond acceptors (Lipinski definition) is 2. The largest absolute Gasteiger partial charge is 0.369 e. The fourth-order valence-electron chi connectivity index (χ4n) is 2.88. The first-order valence-corrected chi connectivity index (χ1v) is 5.95. The Labute approximate surface area is 95.8 Å². The van der Waals surface area contributed by atoms with Crippen molar-refractivity contribution in [2.24, 2.45) is 5.92 Å². The normalized spacial score (nSPS) is 31.6. The lowest BCUT2D eigenvalue weighted by atomic mass is 9.90. The Balaban J connectivity index is 1.72. The maximum absolute atomic E-state index is 8.74. The van der Waals surface area contributed by atoms with Crippen LogP contribution in [0.15, 0.2) is 24.3 Å². The SMILES string of the molecule is N#Cc1ccc(CC2CCCC23CO3)cc1. The lowest BCUT2D eigenvalue weighted by molar-refractivity contribution is 0.245. The number of epoxide rings is 1. The third-order valence-corrected chi connectivity index (χ3v) is 3.98. The van der Waals surface area contributed by atoms with Gasteiger partial charge in [-0.15, -0.1) is 0 Å². The van der Waals surface area contributed by atoms with E-state index in [0.717, 1.165) is 18.6 Å². The Morgan fingerprint density at radius 3 is 2.75 bits per heavy atom. The molecule has 2 heteroatoms. The molecule has 2 aliphatic rings. The van der Waals surface area contributed by atoms with E-state index in [2.05, 4.69) is 18.2 Å². The van der Waals surface area contributed by atoms with E-state index in [-0.39, 0.29) is 5.60 Å². The topological polar surface area (TPSA) is 36.3 Å². The molecule has 1 aliphatic heterocycles. The van der Waals surface area contributed by atoms with Crippen LogP contribution in [0.5, 0.6) is 0 Å². The third-order valence-electron chi connectivity index (χ3n) is 3.98. The Kier molecular flexibility index (Phi) is 2.22. The minimum Gasteiger partial charge on any atom is -0.369 e. The molecule has 1 saturated heterocycles. The number of hydrogen-bond donors (Lipinski definition) is 0. The van der Waals surface area contributed by atoms with Gasteiger partial charge in [0.1, 0.15) is 0 Å². The van der Waals surface area contributed by atoms with Gasteiger partial charge >= 0.3 is 0 Å². The minimum atomic E-state index is 0.244. The molecule has 16 heavy (non-hydrogen) atoms. The van der Waals surface area contributed by atoms with Gasteiger partial charge in [-0.3, -0.25) is 0 Å². The first kappa shape index (κ1) is 9.86. The van der Waals surface area contributed by atoms with Crippen LogP contribution in [0.25, 0.3) is 0 Å². The van der Waals surface area contributed by atoms with Gasteiger partial charge in [-0.25, -0.2) is 0 Å². The lowest BCUT2D eigenvalue weighted by Gasteiger charge is -2.15. The van der Waals surface area contributed by atoms with Crippen LogP contribution in [0.4, 0.5) is 0 Å². The Bertz CT molecular complexity index is 425. The molecule has 1 heterocycles. The zero-order valence-electron chi connectivity index (χ0n) is 9.28. The number of benzene rings is 1. The van der Waals surface area contributed by atoms with E-state index in [1.165, 1.54) is 24.8 Å². The van der Waals surface area contributed by atoms with Crippen molar-refractivity contribution in [1.29, 1.82) is 5.26 Å². The molecule has 0 radical (unpaired) electrons. The summed E-state index contributed by atoms with van der Waals surface area (Å²) < 4.78 is 5.63. The molecule has 2 unspecified atom stereocenters. The first-order valence-electron chi connectivity index (χ1n) is 5.95. The highest BCUT2D eigenvalue weighted by Crippen LogP contribution is 2.49. The van der Waals surface area contributed by atoms with E-state index in [1.807, 2.05) is 12.1 Å². The summed E-state index contributed by atoms with van der Waals surface area (Å²) in [4.78, 5) is 0. The molecule has 0 aromatic heterocycles.